The van der Waals surface area contributed by atoms with Crippen LogP contribution in [0.25, 0.3) is 0 Å². The summed E-state index contributed by atoms with van der Waals surface area (Å²) in [5.74, 6) is 0.675. The van der Waals surface area contributed by atoms with Crippen LogP contribution in [-0.4, -0.2) is 19.1 Å². The van der Waals surface area contributed by atoms with Gasteiger partial charge in [-0.1, -0.05) is 23.7 Å². The van der Waals surface area contributed by atoms with E-state index in [0.717, 1.165) is 5.56 Å². The van der Waals surface area contributed by atoms with Gasteiger partial charge in [-0.15, -0.1) is 0 Å². The predicted molar refractivity (Wildman–Crippen MR) is 85.8 cm³/mol. The molecule has 0 saturated carbocycles. The molecule has 0 spiro atoms. The van der Waals surface area contributed by atoms with E-state index in [1.165, 1.54) is 12.1 Å². The van der Waals surface area contributed by atoms with E-state index in [2.05, 4.69) is 5.32 Å². The van der Waals surface area contributed by atoms with E-state index in [1.807, 2.05) is 0 Å². The van der Waals surface area contributed by atoms with E-state index in [4.69, 9.17) is 21.1 Å². The van der Waals surface area contributed by atoms with E-state index < -0.39 is 0 Å². The number of halogens is 2. The van der Waals surface area contributed by atoms with Crippen LogP contribution in [-0.2, 0) is 11.2 Å². The van der Waals surface area contributed by atoms with Gasteiger partial charge in [-0.3, -0.25) is 4.79 Å². The second-order valence-corrected chi connectivity index (χ2v) is 5.56. The zero-order valence-corrected chi connectivity index (χ0v) is 13.0. The van der Waals surface area contributed by atoms with Crippen LogP contribution in [0, 0.1) is 5.82 Å². The predicted octanol–water partition coefficient (Wildman–Crippen LogP) is 3.82. The fourth-order valence-electron chi connectivity index (χ4n) is 2.28. The number of nitrogens with one attached hydrogen (secondary N) is 1. The fraction of sp³-hybridized carbons (Fsp3) is 0.235. The number of anilines is 1. The highest BCUT2D eigenvalue weighted by Gasteiger charge is 2.16. The first-order valence-electron chi connectivity index (χ1n) is 7.25. The van der Waals surface area contributed by atoms with Gasteiger partial charge in [-0.2, -0.15) is 0 Å². The highest BCUT2D eigenvalue weighted by atomic mass is 35.5. The highest BCUT2D eigenvalue weighted by molar-refractivity contribution is 6.34. The van der Waals surface area contributed by atoms with E-state index >= 15 is 0 Å². The van der Waals surface area contributed by atoms with E-state index in [0.29, 0.717) is 41.8 Å². The van der Waals surface area contributed by atoms with Crippen molar-refractivity contribution in [3.63, 3.8) is 0 Å². The summed E-state index contributed by atoms with van der Waals surface area (Å²) in [4.78, 5) is 12.1. The zero-order chi connectivity index (χ0) is 16.2. The average Bonchev–Trinajstić information content (AvgIpc) is 2.55. The maximum Gasteiger partial charge on any atom is 0.224 e. The van der Waals surface area contributed by atoms with Crippen molar-refractivity contribution in [2.75, 3.05) is 18.5 Å². The maximum absolute atomic E-state index is 12.8. The van der Waals surface area contributed by atoms with Crippen LogP contribution in [0.4, 0.5) is 10.1 Å². The number of carbonyl (C=O) groups is 1. The maximum atomic E-state index is 12.8. The number of hydrogen-bond donors (Lipinski definition) is 1. The summed E-state index contributed by atoms with van der Waals surface area (Å²) in [6, 6.07) is 9.38. The SMILES string of the molecule is O=C(CCc1ccc(F)cc1)Nc1cc2c(cc1Cl)OCCO2. The van der Waals surface area contributed by atoms with E-state index in [9.17, 15) is 9.18 Å². The van der Waals surface area contributed by atoms with Crippen LogP contribution in [0.5, 0.6) is 11.5 Å². The Labute approximate surface area is 138 Å². The Morgan fingerprint density at radius 1 is 1.13 bits per heavy atom. The van der Waals surface area contributed by atoms with Gasteiger partial charge in [-0.05, 0) is 24.1 Å². The van der Waals surface area contributed by atoms with Gasteiger partial charge in [-0.25, -0.2) is 4.39 Å². The number of hydrogen-bond acceptors (Lipinski definition) is 3. The molecule has 2 aromatic rings. The summed E-state index contributed by atoms with van der Waals surface area (Å²) >= 11 is 6.15. The first-order chi connectivity index (χ1) is 11.1. The lowest BCUT2D eigenvalue weighted by atomic mass is 10.1. The third kappa shape index (κ3) is 3.93. The molecule has 0 saturated heterocycles. The molecule has 1 aliphatic heterocycles. The molecule has 0 radical (unpaired) electrons. The van der Waals surface area contributed by atoms with Crippen LogP contribution >= 0.6 is 11.6 Å². The first kappa shape index (κ1) is 15.6. The summed E-state index contributed by atoms with van der Waals surface area (Å²) in [5, 5.41) is 3.15. The third-order valence-corrected chi connectivity index (χ3v) is 3.77. The summed E-state index contributed by atoms with van der Waals surface area (Å²) in [7, 11) is 0. The van der Waals surface area contributed by atoms with Gasteiger partial charge >= 0.3 is 0 Å². The number of aryl methyl sites for hydroxylation is 1. The summed E-state index contributed by atoms with van der Waals surface area (Å²) < 4.78 is 23.7. The number of amides is 1. The molecular weight excluding hydrogens is 321 g/mol. The zero-order valence-electron chi connectivity index (χ0n) is 12.3. The number of benzene rings is 2. The molecule has 0 unspecified atom stereocenters. The van der Waals surface area contributed by atoms with Gasteiger partial charge < -0.3 is 14.8 Å². The van der Waals surface area contributed by atoms with Crippen LogP contribution in [0.1, 0.15) is 12.0 Å². The molecule has 1 heterocycles. The van der Waals surface area contributed by atoms with Crippen molar-refractivity contribution in [3.05, 3.63) is 52.8 Å². The monoisotopic (exact) mass is 335 g/mol. The minimum Gasteiger partial charge on any atom is -0.486 e. The van der Waals surface area contributed by atoms with Crippen molar-refractivity contribution < 1.29 is 18.7 Å². The summed E-state index contributed by atoms with van der Waals surface area (Å²) in [6.45, 7) is 0.944. The highest BCUT2D eigenvalue weighted by Crippen LogP contribution is 2.37. The van der Waals surface area contributed by atoms with Crippen molar-refractivity contribution in [2.45, 2.75) is 12.8 Å². The molecular formula is C17H15ClFNO3. The van der Waals surface area contributed by atoms with Gasteiger partial charge in [0.05, 0.1) is 10.7 Å². The Hall–Kier alpha value is -2.27. The smallest absolute Gasteiger partial charge is 0.224 e. The molecule has 0 bridgehead atoms. The minimum atomic E-state index is -0.290. The van der Waals surface area contributed by atoms with Crippen molar-refractivity contribution in [1.82, 2.24) is 0 Å². The lowest BCUT2D eigenvalue weighted by molar-refractivity contribution is -0.116. The standard InChI is InChI=1S/C17H15ClFNO3/c18-13-9-15-16(23-8-7-22-15)10-14(13)20-17(21)6-3-11-1-4-12(19)5-2-11/h1-2,4-5,9-10H,3,6-8H2,(H,20,21). The first-order valence-corrected chi connectivity index (χ1v) is 7.63. The van der Waals surface area contributed by atoms with Crippen LogP contribution in [0.2, 0.25) is 5.02 Å². The molecule has 0 fully saturated rings. The Bertz CT molecular complexity index is 719. The van der Waals surface area contributed by atoms with Gasteiger partial charge in [0.1, 0.15) is 19.0 Å². The molecule has 0 aliphatic carbocycles. The minimum absolute atomic E-state index is 0.173. The Balaban J connectivity index is 1.62. The Morgan fingerprint density at radius 3 is 2.48 bits per heavy atom. The van der Waals surface area contributed by atoms with Gasteiger partial charge in [0.15, 0.2) is 11.5 Å². The molecule has 2 aromatic carbocycles. The molecule has 0 aromatic heterocycles. The third-order valence-electron chi connectivity index (χ3n) is 3.46. The lowest BCUT2D eigenvalue weighted by Gasteiger charge is -2.20. The Kier molecular flexibility index (Phi) is 4.67. The quantitative estimate of drug-likeness (QED) is 0.924. The van der Waals surface area contributed by atoms with Gasteiger partial charge in [0.25, 0.3) is 0 Å². The largest absolute Gasteiger partial charge is 0.486 e. The van der Waals surface area contributed by atoms with Crippen molar-refractivity contribution in [3.8, 4) is 11.5 Å². The van der Waals surface area contributed by atoms with Crippen LogP contribution in [0.3, 0.4) is 0 Å². The number of rotatable bonds is 4. The molecule has 1 amide bonds. The van der Waals surface area contributed by atoms with Crippen molar-refractivity contribution in [2.24, 2.45) is 0 Å². The van der Waals surface area contributed by atoms with Gasteiger partial charge in [0.2, 0.25) is 5.91 Å². The number of fused-ring (bicyclic) bond motifs is 1. The molecule has 120 valence electrons. The summed E-state index contributed by atoms with van der Waals surface area (Å²) in [6.07, 6.45) is 0.796. The van der Waals surface area contributed by atoms with Gasteiger partial charge in [0, 0.05) is 18.6 Å². The molecule has 0 atom stereocenters. The molecule has 3 rings (SSSR count). The molecule has 23 heavy (non-hydrogen) atoms. The Morgan fingerprint density at radius 2 is 1.78 bits per heavy atom. The number of ether oxygens (including phenoxy) is 2. The molecule has 1 aliphatic rings. The second kappa shape index (κ2) is 6.87. The average molecular weight is 336 g/mol. The second-order valence-electron chi connectivity index (χ2n) is 5.15. The normalized spacial score (nSPS) is 12.8. The molecule has 6 heteroatoms. The van der Waals surface area contributed by atoms with Crippen LogP contribution in [0.15, 0.2) is 36.4 Å². The van der Waals surface area contributed by atoms with Crippen molar-refractivity contribution in [1.29, 1.82) is 0 Å². The lowest BCUT2D eigenvalue weighted by Crippen LogP contribution is -2.17. The summed E-state index contributed by atoms with van der Waals surface area (Å²) in [5.41, 5.74) is 1.38. The fourth-order valence-corrected chi connectivity index (χ4v) is 2.48. The van der Waals surface area contributed by atoms with Crippen molar-refractivity contribution >= 4 is 23.2 Å². The number of carbonyl (C=O) groups excluding carboxylic acids is 1. The topological polar surface area (TPSA) is 47.6 Å². The molecule has 1 N–H and O–H groups in total. The van der Waals surface area contributed by atoms with Crippen LogP contribution < -0.4 is 14.8 Å². The molecule has 4 nitrogen and oxygen atoms in total. The van der Waals surface area contributed by atoms with E-state index in [1.54, 1.807) is 24.3 Å². The van der Waals surface area contributed by atoms with E-state index in [-0.39, 0.29) is 18.1 Å².